The summed E-state index contributed by atoms with van der Waals surface area (Å²) in [6, 6.07) is 2.16. The number of rotatable bonds is 4. The van der Waals surface area contributed by atoms with Gasteiger partial charge < -0.3 is 9.30 Å². The number of fused-ring (bicyclic) bond motifs is 1. The number of aryl methyl sites for hydroxylation is 1. The number of nitrogens with zero attached hydrogens (tertiary/aromatic N) is 2. The van der Waals surface area contributed by atoms with Gasteiger partial charge in [0.1, 0.15) is 17.2 Å². The lowest BCUT2D eigenvalue weighted by atomic mass is 10.1. The predicted molar refractivity (Wildman–Crippen MR) is 77.4 cm³/mol. The molecule has 1 fully saturated rings. The van der Waals surface area contributed by atoms with Gasteiger partial charge in [-0.1, -0.05) is 0 Å². The van der Waals surface area contributed by atoms with Crippen LogP contribution in [-0.2, 0) is 17.2 Å². The van der Waals surface area contributed by atoms with Crippen LogP contribution in [0.2, 0.25) is 0 Å². The Kier molecular flexibility index (Phi) is 4.40. The molecule has 0 bridgehead atoms. The van der Waals surface area contributed by atoms with Crippen LogP contribution in [0.15, 0.2) is 12.1 Å². The summed E-state index contributed by atoms with van der Waals surface area (Å²) < 4.78 is 34.7. The summed E-state index contributed by atoms with van der Waals surface area (Å²) in [5.74, 6) is -0.520. The smallest absolute Gasteiger partial charge is 0.153 e. The highest BCUT2D eigenvalue weighted by atomic mass is 35.5. The third kappa shape index (κ3) is 3.04. The molecule has 114 valence electrons. The molecule has 1 aromatic carbocycles. The molecule has 0 aliphatic carbocycles. The van der Waals surface area contributed by atoms with E-state index >= 15 is 0 Å². The second kappa shape index (κ2) is 6.28. The SMILES string of the molecule is Fc1cc(F)c2nc(CCl)n(CCC3CCCCO3)c2c1. The molecular weight excluding hydrogens is 298 g/mol. The van der Waals surface area contributed by atoms with E-state index < -0.39 is 11.6 Å². The lowest BCUT2D eigenvalue weighted by molar-refractivity contribution is 0.00889. The molecule has 3 nitrogen and oxygen atoms in total. The van der Waals surface area contributed by atoms with Crippen LogP contribution in [0, 0.1) is 11.6 Å². The molecule has 1 aliphatic rings. The maximum Gasteiger partial charge on any atom is 0.153 e. The Labute approximate surface area is 126 Å². The van der Waals surface area contributed by atoms with Crippen molar-refractivity contribution in [2.45, 2.75) is 44.2 Å². The molecule has 0 spiro atoms. The molecule has 6 heteroatoms. The summed E-state index contributed by atoms with van der Waals surface area (Å²) in [7, 11) is 0. The van der Waals surface area contributed by atoms with E-state index in [-0.39, 0.29) is 17.5 Å². The predicted octanol–water partition coefficient (Wildman–Crippen LogP) is 4.01. The van der Waals surface area contributed by atoms with Crippen LogP contribution in [-0.4, -0.2) is 22.3 Å². The molecule has 0 amide bonds. The van der Waals surface area contributed by atoms with Gasteiger partial charge >= 0.3 is 0 Å². The Morgan fingerprint density at radius 2 is 2.19 bits per heavy atom. The number of halogens is 3. The summed E-state index contributed by atoms with van der Waals surface area (Å²) in [6.45, 7) is 1.40. The van der Waals surface area contributed by atoms with Crippen molar-refractivity contribution >= 4 is 22.6 Å². The topological polar surface area (TPSA) is 27.1 Å². The largest absolute Gasteiger partial charge is 0.378 e. The zero-order chi connectivity index (χ0) is 14.8. The molecule has 1 aliphatic heterocycles. The van der Waals surface area contributed by atoms with Crippen LogP contribution >= 0.6 is 11.6 Å². The Morgan fingerprint density at radius 1 is 1.33 bits per heavy atom. The minimum atomic E-state index is -0.649. The average Bonchev–Trinajstić information content (AvgIpc) is 2.84. The highest BCUT2D eigenvalue weighted by Crippen LogP contribution is 2.24. The average molecular weight is 315 g/mol. The summed E-state index contributed by atoms with van der Waals surface area (Å²) in [4.78, 5) is 4.18. The van der Waals surface area contributed by atoms with Crippen molar-refractivity contribution in [2.75, 3.05) is 6.61 Å². The first-order chi connectivity index (χ1) is 10.2. The zero-order valence-corrected chi connectivity index (χ0v) is 12.4. The lowest BCUT2D eigenvalue weighted by Crippen LogP contribution is -2.21. The lowest BCUT2D eigenvalue weighted by Gasteiger charge is -2.23. The van der Waals surface area contributed by atoms with Gasteiger partial charge in [0.25, 0.3) is 0 Å². The van der Waals surface area contributed by atoms with Gasteiger partial charge in [-0.3, -0.25) is 0 Å². The molecule has 1 atom stereocenters. The van der Waals surface area contributed by atoms with E-state index in [2.05, 4.69) is 4.98 Å². The zero-order valence-electron chi connectivity index (χ0n) is 11.6. The van der Waals surface area contributed by atoms with Crippen molar-refractivity contribution in [3.05, 3.63) is 29.6 Å². The molecule has 2 heterocycles. The minimum Gasteiger partial charge on any atom is -0.378 e. The first-order valence-electron chi connectivity index (χ1n) is 7.21. The number of ether oxygens (including phenoxy) is 1. The quantitative estimate of drug-likeness (QED) is 0.797. The van der Waals surface area contributed by atoms with Crippen LogP contribution in [0.3, 0.4) is 0 Å². The van der Waals surface area contributed by atoms with E-state index in [0.29, 0.717) is 17.9 Å². The maximum absolute atomic E-state index is 13.8. The van der Waals surface area contributed by atoms with Gasteiger partial charge in [0.05, 0.1) is 17.5 Å². The fraction of sp³-hybridized carbons (Fsp3) is 0.533. The van der Waals surface area contributed by atoms with Gasteiger partial charge in [-0.25, -0.2) is 13.8 Å². The second-order valence-corrected chi connectivity index (χ2v) is 5.61. The molecule has 0 saturated carbocycles. The monoisotopic (exact) mass is 314 g/mol. The van der Waals surface area contributed by atoms with E-state index in [9.17, 15) is 8.78 Å². The Morgan fingerprint density at radius 3 is 2.90 bits per heavy atom. The number of hydrogen-bond donors (Lipinski definition) is 0. The molecule has 21 heavy (non-hydrogen) atoms. The van der Waals surface area contributed by atoms with E-state index in [0.717, 1.165) is 31.9 Å². The van der Waals surface area contributed by atoms with Crippen LogP contribution in [0.25, 0.3) is 11.0 Å². The van der Waals surface area contributed by atoms with Gasteiger partial charge in [-0.05, 0) is 31.7 Å². The van der Waals surface area contributed by atoms with Gasteiger partial charge in [0, 0.05) is 19.2 Å². The van der Waals surface area contributed by atoms with E-state index in [1.165, 1.54) is 12.5 Å². The van der Waals surface area contributed by atoms with Crippen LogP contribution < -0.4 is 0 Å². The van der Waals surface area contributed by atoms with Crippen molar-refractivity contribution in [1.29, 1.82) is 0 Å². The van der Waals surface area contributed by atoms with Gasteiger partial charge in [0.15, 0.2) is 5.82 Å². The van der Waals surface area contributed by atoms with Crippen LogP contribution in [0.4, 0.5) is 8.78 Å². The van der Waals surface area contributed by atoms with E-state index in [4.69, 9.17) is 16.3 Å². The van der Waals surface area contributed by atoms with Crippen molar-refractivity contribution < 1.29 is 13.5 Å². The van der Waals surface area contributed by atoms with Gasteiger partial charge in [0.2, 0.25) is 0 Å². The summed E-state index contributed by atoms with van der Waals surface area (Å²) in [5.41, 5.74) is 0.635. The van der Waals surface area contributed by atoms with E-state index in [1.807, 2.05) is 0 Å². The first-order valence-corrected chi connectivity index (χ1v) is 7.74. The maximum atomic E-state index is 13.8. The van der Waals surface area contributed by atoms with Crippen molar-refractivity contribution in [3.8, 4) is 0 Å². The normalized spacial score (nSPS) is 19.3. The Balaban J connectivity index is 1.88. The van der Waals surface area contributed by atoms with Crippen molar-refractivity contribution in [2.24, 2.45) is 0 Å². The molecule has 0 radical (unpaired) electrons. The molecular formula is C15H17ClF2N2O. The molecule has 3 rings (SSSR count). The third-order valence-electron chi connectivity index (χ3n) is 3.92. The van der Waals surface area contributed by atoms with Crippen LogP contribution in [0.5, 0.6) is 0 Å². The molecule has 1 saturated heterocycles. The Hall–Kier alpha value is -1.20. The number of hydrogen-bond acceptors (Lipinski definition) is 2. The number of benzene rings is 1. The Bertz CT molecular complexity index is 638. The fourth-order valence-electron chi connectivity index (χ4n) is 2.86. The van der Waals surface area contributed by atoms with Crippen molar-refractivity contribution in [1.82, 2.24) is 9.55 Å². The molecule has 0 N–H and O–H groups in total. The summed E-state index contributed by atoms with van der Waals surface area (Å²) >= 11 is 5.89. The highest BCUT2D eigenvalue weighted by Gasteiger charge is 2.18. The third-order valence-corrected chi connectivity index (χ3v) is 4.16. The summed E-state index contributed by atoms with van der Waals surface area (Å²) in [5, 5.41) is 0. The van der Waals surface area contributed by atoms with Crippen LogP contribution in [0.1, 0.15) is 31.5 Å². The highest BCUT2D eigenvalue weighted by molar-refractivity contribution is 6.16. The van der Waals surface area contributed by atoms with E-state index in [1.54, 1.807) is 4.57 Å². The number of alkyl halides is 1. The number of aromatic nitrogens is 2. The van der Waals surface area contributed by atoms with Gasteiger partial charge in [-0.2, -0.15) is 0 Å². The minimum absolute atomic E-state index is 0.168. The first kappa shape index (κ1) is 14.7. The second-order valence-electron chi connectivity index (χ2n) is 5.35. The molecule has 1 unspecified atom stereocenters. The molecule has 1 aromatic heterocycles. The fourth-order valence-corrected chi connectivity index (χ4v) is 3.06. The molecule has 2 aromatic rings. The van der Waals surface area contributed by atoms with Gasteiger partial charge in [-0.15, -0.1) is 11.6 Å². The number of imidazole rings is 1. The summed E-state index contributed by atoms with van der Waals surface area (Å²) in [6.07, 6.45) is 4.31. The standard InChI is InChI=1S/C15H17ClF2N2O/c16-9-14-19-15-12(18)7-10(17)8-13(15)20(14)5-4-11-3-1-2-6-21-11/h7-8,11H,1-6,9H2. The van der Waals surface area contributed by atoms with Crippen molar-refractivity contribution in [3.63, 3.8) is 0 Å².